The molecule has 0 heterocycles. The monoisotopic (exact) mass is 758 g/mol. The first-order chi connectivity index (χ1) is 11.6. The van der Waals surface area contributed by atoms with Crippen LogP contribution < -0.4 is 10.6 Å². The molecule has 0 saturated carbocycles. The minimum atomic E-state index is 0.00654. The molecule has 0 aliphatic heterocycles. The number of nitrogens with one attached hydrogen (secondary N) is 2. The molecule has 0 aromatic carbocycles. The van der Waals surface area contributed by atoms with Crippen LogP contribution in [-0.2, 0) is 9.59 Å². The number of hydrogen-bond acceptors (Lipinski definition) is 6. The molecule has 0 saturated heterocycles. The van der Waals surface area contributed by atoms with Crippen molar-refractivity contribution in [1.29, 1.82) is 0 Å². The number of carbonyl (C=O) groups is 2. The Labute approximate surface area is 183 Å². The first-order valence-electron chi connectivity index (χ1n) is 8.18. The van der Waals surface area contributed by atoms with Crippen LogP contribution in [0.15, 0.2) is 0 Å². The first-order valence-corrected chi connectivity index (χ1v) is 21.3. The normalized spacial score (nSPS) is 10.9. The standard InChI is InChI=1S/C14H30N4O2S2.2Tl/c1-3-17(4-2)7-5-15-13(19)11-18(8-10-22)12-14(20)16-6-9-21;;/h21-22H,3-12H2,1-2H3,(H,15,19)(H,16,20);;/q;2*+1/p-2. The summed E-state index contributed by atoms with van der Waals surface area (Å²) in [5, 5.41) is 5.89. The molecule has 2 amide bonds. The van der Waals surface area contributed by atoms with Gasteiger partial charge in [0.15, 0.2) is 0 Å². The zero-order chi connectivity index (χ0) is 18.2. The van der Waals surface area contributed by atoms with Gasteiger partial charge in [-0.15, -0.1) is 0 Å². The number of carbonyl (C=O) groups excluding carboxylic acids is 2. The molecule has 0 atom stereocenters. The zero-order valence-electron chi connectivity index (χ0n) is 14.8. The zero-order valence-corrected chi connectivity index (χ0v) is 25.4. The van der Waals surface area contributed by atoms with Gasteiger partial charge >= 0.3 is 185 Å². The summed E-state index contributed by atoms with van der Waals surface area (Å²) in [6, 6.07) is 0. The molecule has 24 heavy (non-hydrogen) atoms. The van der Waals surface area contributed by atoms with Crippen LogP contribution in [0.5, 0.6) is 0 Å². The molecule has 0 aromatic rings. The summed E-state index contributed by atoms with van der Waals surface area (Å²) in [6.07, 6.45) is 0. The van der Waals surface area contributed by atoms with Crippen LogP contribution >= 0.6 is 16.6 Å². The van der Waals surface area contributed by atoms with Gasteiger partial charge in [-0.25, -0.2) is 0 Å². The van der Waals surface area contributed by atoms with Crippen molar-refractivity contribution in [2.24, 2.45) is 0 Å². The molecule has 134 valence electrons. The van der Waals surface area contributed by atoms with Gasteiger partial charge in [0, 0.05) is 0 Å². The van der Waals surface area contributed by atoms with E-state index in [1.807, 2.05) is 21.5 Å². The Kier molecular flexibility index (Phi) is 18.8. The van der Waals surface area contributed by atoms with Crippen LogP contribution in [0, 0.1) is 0 Å². The molecule has 2 N–H and O–H groups in total. The van der Waals surface area contributed by atoms with Crippen LogP contribution in [0.2, 0.25) is 0 Å². The van der Waals surface area contributed by atoms with E-state index in [1.165, 1.54) is 0 Å². The number of rotatable bonds is 15. The third-order valence-corrected chi connectivity index (χ3v) is 9.80. The molecule has 0 rings (SSSR count). The van der Waals surface area contributed by atoms with E-state index in [0.29, 0.717) is 19.6 Å². The van der Waals surface area contributed by atoms with Crippen LogP contribution in [0.1, 0.15) is 13.8 Å². The predicted molar refractivity (Wildman–Crippen MR) is 107 cm³/mol. The summed E-state index contributed by atoms with van der Waals surface area (Å²) in [4.78, 5) is 28.3. The van der Waals surface area contributed by atoms with Gasteiger partial charge in [0.05, 0.1) is 0 Å². The SMILES string of the molecule is CCN(CC)CCNC(=O)CN(CC[S][Tl])CC(=O)NCC[S][Tl]. The van der Waals surface area contributed by atoms with E-state index in [-0.39, 0.29) is 11.8 Å². The summed E-state index contributed by atoms with van der Waals surface area (Å²) in [7, 11) is 3.76. The van der Waals surface area contributed by atoms with Gasteiger partial charge in [-0.2, -0.15) is 0 Å². The van der Waals surface area contributed by atoms with E-state index in [4.69, 9.17) is 0 Å². The van der Waals surface area contributed by atoms with Crippen LogP contribution in [-0.4, -0.2) is 134 Å². The predicted octanol–water partition coefficient (Wildman–Crippen LogP) is -0.504. The molecular formula is C14H28N4O2S2Tl2. The molecule has 10 heteroatoms. The second-order valence-corrected chi connectivity index (χ2v) is 14.4. The average Bonchev–Trinajstić information content (AvgIpc) is 2.56. The van der Waals surface area contributed by atoms with Crippen LogP contribution in [0.3, 0.4) is 0 Å². The average molecular weight is 757 g/mol. The molecule has 0 spiro atoms. The number of nitrogens with zero attached hydrogens (tertiary/aromatic N) is 2. The van der Waals surface area contributed by atoms with E-state index in [1.54, 1.807) is 0 Å². The Balaban J connectivity index is 4.19. The fraction of sp³-hybridized carbons (Fsp3) is 0.857. The third-order valence-electron chi connectivity index (χ3n) is 3.45. The van der Waals surface area contributed by atoms with E-state index in [0.717, 1.165) is 92.8 Å². The Bertz CT molecular complexity index is 351. The number of likely N-dealkylation sites (N-methyl/N-ethyl adjacent to an activating group) is 1. The molecule has 0 bridgehead atoms. The van der Waals surface area contributed by atoms with Crippen molar-refractivity contribution >= 4 is 77.0 Å². The molecule has 0 aliphatic rings. The van der Waals surface area contributed by atoms with E-state index in [9.17, 15) is 9.59 Å². The van der Waals surface area contributed by atoms with Crippen molar-refractivity contribution in [1.82, 2.24) is 20.4 Å². The van der Waals surface area contributed by atoms with Crippen molar-refractivity contribution < 1.29 is 9.59 Å². The Hall–Kier alpha value is 1.40. The maximum atomic E-state index is 12.1. The van der Waals surface area contributed by atoms with Gasteiger partial charge in [-0.3, -0.25) is 0 Å². The maximum absolute atomic E-state index is 12.1. The summed E-state index contributed by atoms with van der Waals surface area (Å²) >= 11 is 1.80. The summed E-state index contributed by atoms with van der Waals surface area (Å²) in [6.45, 7) is 9.89. The molecule has 0 radical (unpaired) electrons. The van der Waals surface area contributed by atoms with Gasteiger partial charge in [0.1, 0.15) is 0 Å². The minimum absolute atomic E-state index is 0.00654. The summed E-state index contributed by atoms with van der Waals surface area (Å²) in [5.41, 5.74) is 0. The Morgan fingerprint density at radius 2 is 1.38 bits per heavy atom. The quantitative estimate of drug-likeness (QED) is 0.174. The second kappa shape index (κ2) is 17.8. The fourth-order valence-electron chi connectivity index (χ4n) is 2.06. The van der Waals surface area contributed by atoms with Crippen molar-refractivity contribution in [3.05, 3.63) is 0 Å². The van der Waals surface area contributed by atoms with Gasteiger partial charge in [-0.05, 0) is 0 Å². The van der Waals surface area contributed by atoms with Crippen molar-refractivity contribution in [2.45, 2.75) is 13.8 Å². The molecule has 0 unspecified atom stereocenters. The van der Waals surface area contributed by atoms with E-state index in [2.05, 4.69) is 29.4 Å². The van der Waals surface area contributed by atoms with Crippen molar-refractivity contribution in [2.75, 3.05) is 63.9 Å². The molecule has 0 fully saturated rings. The van der Waals surface area contributed by atoms with Crippen LogP contribution in [0.25, 0.3) is 0 Å². The van der Waals surface area contributed by atoms with Crippen molar-refractivity contribution in [3.8, 4) is 0 Å². The molecule has 0 aromatic heterocycles. The fourth-order valence-corrected chi connectivity index (χ4v) is 5.24. The van der Waals surface area contributed by atoms with E-state index < -0.39 is 0 Å². The van der Waals surface area contributed by atoms with Gasteiger partial charge in [-0.1, -0.05) is 0 Å². The van der Waals surface area contributed by atoms with Gasteiger partial charge < -0.3 is 0 Å². The van der Waals surface area contributed by atoms with Gasteiger partial charge in [0.2, 0.25) is 0 Å². The molecule has 6 nitrogen and oxygen atoms in total. The summed E-state index contributed by atoms with van der Waals surface area (Å²) in [5.74, 6) is 2.00. The number of hydrogen-bond donors (Lipinski definition) is 2. The van der Waals surface area contributed by atoms with Crippen molar-refractivity contribution in [3.63, 3.8) is 0 Å². The first kappa shape index (κ1) is 25.4. The molecular weight excluding hydrogens is 729 g/mol. The summed E-state index contributed by atoms with van der Waals surface area (Å²) < 4.78 is 0. The Morgan fingerprint density at radius 1 is 0.833 bits per heavy atom. The second-order valence-electron chi connectivity index (χ2n) is 5.18. The van der Waals surface area contributed by atoms with Gasteiger partial charge in [0.25, 0.3) is 0 Å². The topological polar surface area (TPSA) is 64.7 Å². The molecule has 0 aliphatic carbocycles. The van der Waals surface area contributed by atoms with E-state index >= 15 is 0 Å². The van der Waals surface area contributed by atoms with Crippen LogP contribution in [0.4, 0.5) is 0 Å². The Morgan fingerprint density at radius 3 is 1.88 bits per heavy atom. The number of amides is 2. The third kappa shape index (κ3) is 14.6.